The van der Waals surface area contributed by atoms with Crippen LogP contribution >= 0.6 is 0 Å². The van der Waals surface area contributed by atoms with Gasteiger partial charge in [-0.05, 0) is 54.4 Å². The first-order valence-electron chi connectivity index (χ1n) is 9.66. The molecule has 4 nitrogen and oxygen atoms in total. The van der Waals surface area contributed by atoms with E-state index in [2.05, 4.69) is 38.2 Å². The Bertz CT molecular complexity index is 744. The zero-order chi connectivity index (χ0) is 20.2. The van der Waals surface area contributed by atoms with Crippen LogP contribution in [0.1, 0.15) is 71.1 Å². The monoisotopic (exact) mass is 371 g/mol. The minimum Gasteiger partial charge on any atom is -0.465 e. The number of rotatable bonds is 6. The van der Waals surface area contributed by atoms with Gasteiger partial charge in [-0.3, -0.25) is 0 Å². The molecule has 27 heavy (non-hydrogen) atoms. The molecule has 4 heteroatoms. The third-order valence-electron chi connectivity index (χ3n) is 5.65. The summed E-state index contributed by atoms with van der Waals surface area (Å²) in [5.41, 5.74) is 4.29. The number of benzene rings is 1. The number of nitrogens with one attached hydrogen (secondary N) is 1. The van der Waals surface area contributed by atoms with Crippen molar-refractivity contribution in [2.45, 2.75) is 60.0 Å². The molecular formula is C23H33NO3. The van der Waals surface area contributed by atoms with E-state index in [-0.39, 0.29) is 12.0 Å². The maximum Gasteiger partial charge on any atom is 0.404 e. The highest BCUT2D eigenvalue weighted by Crippen LogP contribution is 2.41. The minimum atomic E-state index is -1.08. The number of carbonyl (C=O) groups is 1. The smallest absolute Gasteiger partial charge is 0.404 e. The van der Waals surface area contributed by atoms with Gasteiger partial charge in [0.2, 0.25) is 0 Å². The van der Waals surface area contributed by atoms with Crippen LogP contribution in [-0.2, 0) is 0 Å². The van der Waals surface area contributed by atoms with E-state index in [9.17, 15) is 9.90 Å². The largest absolute Gasteiger partial charge is 0.465 e. The van der Waals surface area contributed by atoms with Crippen LogP contribution in [0.25, 0.3) is 6.08 Å². The lowest BCUT2D eigenvalue weighted by molar-refractivity contribution is 0.0494. The fraction of sp³-hybridized carbons (Fsp3) is 0.522. The fourth-order valence-electron chi connectivity index (χ4n) is 3.87. The minimum absolute atomic E-state index is 0.184. The van der Waals surface area contributed by atoms with Crippen molar-refractivity contribution in [2.24, 2.45) is 10.8 Å². The Morgan fingerprint density at radius 1 is 1.33 bits per heavy atom. The van der Waals surface area contributed by atoms with Crippen LogP contribution < -0.4 is 5.32 Å². The maximum absolute atomic E-state index is 10.8. The molecule has 3 N–H and O–H groups in total. The standard InChI is InChI=1S/C23H33NO3/c1-16-8-7-13-22(2,3)19(16)12-11-17-9-6-10-18(14-17)20(25)23(4,5)15-24-21(26)27/h6,9-12,14,20,24-25H,7-8,13,15H2,1-5H3,(H,26,27). The number of allylic oxidation sites excluding steroid dienone is 3. The molecule has 1 atom stereocenters. The summed E-state index contributed by atoms with van der Waals surface area (Å²) in [4.78, 5) is 10.8. The number of aliphatic hydroxyl groups excluding tert-OH is 1. The number of hydrogen-bond donors (Lipinski definition) is 3. The summed E-state index contributed by atoms with van der Waals surface area (Å²) in [7, 11) is 0. The van der Waals surface area contributed by atoms with Crippen molar-refractivity contribution in [3.05, 3.63) is 52.6 Å². The first kappa shape index (κ1) is 21.2. The summed E-state index contributed by atoms with van der Waals surface area (Å²) in [6, 6.07) is 7.84. The highest BCUT2D eigenvalue weighted by atomic mass is 16.4. The molecule has 148 valence electrons. The average molecular weight is 372 g/mol. The third-order valence-corrected chi connectivity index (χ3v) is 5.65. The summed E-state index contributed by atoms with van der Waals surface area (Å²) in [6.07, 6.45) is 6.11. The van der Waals surface area contributed by atoms with E-state index in [0.29, 0.717) is 0 Å². The van der Waals surface area contributed by atoms with Crippen LogP contribution in [0.2, 0.25) is 0 Å². The van der Waals surface area contributed by atoms with Gasteiger partial charge in [0.05, 0.1) is 6.10 Å². The molecule has 0 saturated heterocycles. The van der Waals surface area contributed by atoms with Crippen molar-refractivity contribution in [3.8, 4) is 0 Å². The van der Waals surface area contributed by atoms with Crippen LogP contribution in [0.5, 0.6) is 0 Å². The molecule has 0 heterocycles. The van der Waals surface area contributed by atoms with E-state index < -0.39 is 17.6 Å². The molecule has 1 aromatic carbocycles. The van der Waals surface area contributed by atoms with Crippen molar-refractivity contribution in [1.82, 2.24) is 5.32 Å². The Hall–Kier alpha value is -2.07. The lowest BCUT2D eigenvalue weighted by atomic mass is 9.72. The molecule has 0 bridgehead atoms. The van der Waals surface area contributed by atoms with E-state index >= 15 is 0 Å². The van der Waals surface area contributed by atoms with Gasteiger partial charge in [-0.1, -0.05) is 63.6 Å². The van der Waals surface area contributed by atoms with Gasteiger partial charge in [0, 0.05) is 12.0 Å². The zero-order valence-corrected chi connectivity index (χ0v) is 17.2. The quantitative estimate of drug-likeness (QED) is 0.614. The first-order chi connectivity index (χ1) is 12.5. The predicted octanol–water partition coefficient (Wildman–Crippen LogP) is 5.55. The number of carboxylic acid groups (broad SMARTS) is 1. The van der Waals surface area contributed by atoms with Crippen LogP contribution in [0.15, 0.2) is 41.5 Å². The Morgan fingerprint density at radius 3 is 2.67 bits per heavy atom. The van der Waals surface area contributed by atoms with Crippen molar-refractivity contribution >= 4 is 12.2 Å². The number of amides is 1. The lowest BCUT2D eigenvalue weighted by Crippen LogP contribution is -2.37. The van der Waals surface area contributed by atoms with Gasteiger partial charge in [0.25, 0.3) is 0 Å². The van der Waals surface area contributed by atoms with Crippen molar-refractivity contribution < 1.29 is 15.0 Å². The SMILES string of the molecule is CC1=C(C=Cc2cccc(C(O)C(C)(C)CNC(=O)O)c2)C(C)(C)CCC1. The van der Waals surface area contributed by atoms with Crippen LogP contribution in [-0.4, -0.2) is 22.9 Å². The molecule has 1 unspecified atom stereocenters. The van der Waals surface area contributed by atoms with Crippen molar-refractivity contribution in [3.63, 3.8) is 0 Å². The predicted molar refractivity (Wildman–Crippen MR) is 111 cm³/mol. The second kappa shape index (κ2) is 8.30. The van der Waals surface area contributed by atoms with Gasteiger partial charge in [-0.25, -0.2) is 4.79 Å². The van der Waals surface area contributed by atoms with E-state index in [1.807, 2.05) is 38.1 Å². The summed E-state index contributed by atoms with van der Waals surface area (Å²) in [5, 5.41) is 22.0. The molecule has 0 aromatic heterocycles. The summed E-state index contributed by atoms with van der Waals surface area (Å²) in [6.45, 7) is 10.7. The van der Waals surface area contributed by atoms with E-state index in [1.165, 1.54) is 24.0 Å². The number of aliphatic hydroxyl groups is 1. The van der Waals surface area contributed by atoms with Gasteiger partial charge in [0.1, 0.15) is 0 Å². The lowest BCUT2D eigenvalue weighted by Gasteiger charge is -2.33. The fourth-order valence-corrected chi connectivity index (χ4v) is 3.87. The Labute approximate surface area is 163 Å². The average Bonchev–Trinajstić information content (AvgIpc) is 2.58. The van der Waals surface area contributed by atoms with E-state index in [0.717, 1.165) is 17.5 Å². The molecule has 2 rings (SSSR count). The van der Waals surface area contributed by atoms with E-state index in [4.69, 9.17) is 5.11 Å². The highest BCUT2D eigenvalue weighted by molar-refractivity contribution is 5.64. The zero-order valence-electron chi connectivity index (χ0n) is 17.2. The first-order valence-corrected chi connectivity index (χ1v) is 9.66. The summed E-state index contributed by atoms with van der Waals surface area (Å²) >= 11 is 0. The number of hydrogen-bond acceptors (Lipinski definition) is 2. The third kappa shape index (κ3) is 5.46. The Morgan fingerprint density at radius 2 is 2.04 bits per heavy atom. The molecule has 1 aliphatic rings. The van der Waals surface area contributed by atoms with Crippen molar-refractivity contribution in [2.75, 3.05) is 6.54 Å². The van der Waals surface area contributed by atoms with Gasteiger partial charge in [0.15, 0.2) is 0 Å². The van der Waals surface area contributed by atoms with Crippen LogP contribution in [0.4, 0.5) is 4.79 Å². The van der Waals surface area contributed by atoms with Gasteiger partial charge < -0.3 is 15.5 Å². The van der Waals surface area contributed by atoms with Gasteiger partial charge in [-0.2, -0.15) is 0 Å². The highest BCUT2D eigenvalue weighted by Gasteiger charge is 2.30. The maximum atomic E-state index is 10.8. The van der Waals surface area contributed by atoms with Crippen molar-refractivity contribution in [1.29, 1.82) is 0 Å². The Balaban J connectivity index is 2.21. The molecule has 0 radical (unpaired) electrons. The van der Waals surface area contributed by atoms with E-state index in [1.54, 1.807) is 0 Å². The molecule has 0 spiro atoms. The van der Waals surface area contributed by atoms with Gasteiger partial charge in [-0.15, -0.1) is 0 Å². The molecular weight excluding hydrogens is 338 g/mol. The second-order valence-corrected chi connectivity index (χ2v) is 8.98. The topological polar surface area (TPSA) is 69.6 Å². The molecule has 0 aliphatic heterocycles. The summed E-state index contributed by atoms with van der Waals surface area (Å²) < 4.78 is 0. The van der Waals surface area contributed by atoms with Crippen LogP contribution in [0, 0.1) is 10.8 Å². The molecule has 1 aromatic rings. The summed E-state index contributed by atoms with van der Waals surface area (Å²) in [5.74, 6) is 0. The molecule has 1 amide bonds. The van der Waals surface area contributed by atoms with Crippen LogP contribution in [0.3, 0.4) is 0 Å². The molecule has 0 saturated carbocycles. The molecule has 0 fully saturated rings. The normalized spacial score (nSPS) is 18.6. The van der Waals surface area contributed by atoms with Gasteiger partial charge >= 0.3 is 6.09 Å². The second-order valence-electron chi connectivity index (χ2n) is 8.98. The Kier molecular flexibility index (Phi) is 6.53. The molecule has 1 aliphatic carbocycles.